The molecule has 1 aliphatic carbocycles. The van der Waals surface area contributed by atoms with Gasteiger partial charge in [-0.3, -0.25) is 33.8 Å². The Morgan fingerprint density at radius 1 is 0.905 bits per heavy atom. The quantitative estimate of drug-likeness (QED) is 0.0535. The summed E-state index contributed by atoms with van der Waals surface area (Å²) in [6, 6.07) is 16.4. The van der Waals surface area contributed by atoms with Crippen molar-refractivity contribution in [3.63, 3.8) is 0 Å². The van der Waals surface area contributed by atoms with Crippen molar-refractivity contribution in [1.82, 2.24) is 34.2 Å². The van der Waals surface area contributed by atoms with Crippen LogP contribution in [0.15, 0.2) is 82.5 Å². The molecule has 4 aromatic heterocycles. The molecule has 5 heterocycles. The number of imide groups is 1. The van der Waals surface area contributed by atoms with Crippen molar-refractivity contribution in [2.75, 3.05) is 18.5 Å². The van der Waals surface area contributed by atoms with E-state index in [1.165, 1.54) is 34.6 Å². The number of pyridine rings is 1. The zero-order chi connectivity index (χ0) is 43.9. The van der Waals surface area contributed by atoms with Crippen molar-refractivity contribution in [3.8, 4) is 17.1 Å². The van der Waals surface area contributed by atoms with Gasteiger partial charge < -0.3 is 14.5 Å². The van der Waals surface area contributed by atoms with Crippen LogP contribution in [0, 0.1) is 5.92 Å². The van der Waals surface area contributed by atoms with Crippen molar-refractivity contribution < 1.29 is 32.3 Å². The van der Waals surface area contributed by atoms with Crippen molar-refractivity contribution in [3.05, 3.63) is 112 Å². The summed E-state index contributed by atoms with van der Waals surface area (Å²) in [5.41, 5.74) is 4.95. The van der Waals surface area contributed by atoms with E-state index in [0.717, 1.165) is 92.5 Å². The van der Waals surface area contributed by atoms with E-state index in [4.69, 9.17) is 9.15 Å². The van der Waals surface area contributed by atoms with Crippen LogP contribution in [0.5, 0.6) is 0 Å². The van der Waals surface area contributed by atoms with E-state index in [-0.39, 0.29) is 35.3 Å². The standard InChI is InChI=1S/C47H52F2N8O6/c1-55-40-26-32(15-19-38(40)57(47(55)61)39-20-21-41(58)53-45(39)60)9-5-7-25-62-24-6-3-2-4-8-30-13-17-35(18-14-30)56-28-36(42(54-56)43(48)49)51-44(59)37-29-63-46(52-37)33-22-23-50-34(27-33)16-12-31-10-11-31/h13-15,17-19,22-23,26-29,31,39,43H,2-12,16,20-21,24-25H2,1H3,(H,51,59)(H,53,58,60)/t39-/m0/s1. The Hall–Kier alpha value is -6.29. The van der Waals surface area contributed by atoms with E-state index in [9.17, 15) is 28.0 Å². The van der Waals surface area contributed by atoms with Crippen LogP contribution < -0.4 is 16.3 Å². The number of amides is 3. The summed E-state index contributed by atoms with van der Waals surface area (Å²) >= 11 is 0. The SMILES string of the molecule is Cn1c(=O)n([C@H]2CCC(=O)NC2=O)c2ccc(CCCCOCCCCCCc3ccc(-n4cc(NC(=O)c5coc(-c6ccnc(CCC7CC7)c6)n5)c(C(F)F)n4)cc3)cc21. The first kappa shape index (κ1) is 43.4. The fourth-order valence-corrected chi connectivity index (χ4v) is 8.11. The number of aryl methyl sites for hydroxylation is 4. The first-order valence-electron chi connectivity index (χ1n) is 21.9. The summed E-state index contributed by atoms with van der Waals surface area (Å²) in [4.78, 5) is 58.9. The van der Waals surface area contributed by atoms with Gasteiger partial charge in [0, 0.05) is 44.1 Å². The van der Waals surface area contributed by atoms with Gasteiger partial charge in [-0.15, -0.1) is 0 Å². The largest absolute Gasteiger partial charge is 0.444 e. The van der Waals surface area contributed by atoms with Gasteiger partial charge in [-0.05, 0) is 111 Å². The summed E-state index contributed by atoms with van der Waals surface area (Å²) < 4.78 is 44.0. The van der Waals surface area contributed by atoms with Crippen LogP contribution >= 0.6 is 0 Å². The minimum absolute atomic E-state index is 0.0376. The third-order valence-electron chi connectivity index (χ3n) is 11.9. The number of aromatic nitrogens is 6. The first-order valence-corrected chi connectivity index (χ1v) is 21.9. The number of ether oxygens (including phenoxy) is 1. The van der Waals surface area contributed by atoms with Crippen molar-refractivity contribution in [2.45, 2.75) is 102 Å². The number of halogens is 2. The predicted molar refractivity (Wildman–Crippen MR) is 232 cm³/mol. The molecule has 0 radical (unpaired) electrons. The number of fused-ring (bicyclic) bond motifs is 1. The smallest absolute Gasteiger partial charge is 0.329 e. The molecule has 2 N–H and O–H groups in total. The topological polar surface area (TPSA) is 168 Å². The van der Waals surface area contributed by atoms with Gasteiger partial charge >= 0.3 is 5.69 Å². The van der Waals surface area contributed by atoms with E-state index >= 15 is 0 Å². The normalized spacial score (nSPS) is 15.4. The van der Waals surface area contributed by atoms with Gasteiger partial charge in [-0.1, -0.05) is 43.9 Å². The van der Waals surface area contributed by atoms with Crippen LogP contribution in [0.1, 0.15) is 116 Å². The lowest BCUT2D eigenvalue weighted by Gasteiger charge is -2.21. The molecule has 0 spiro atoms. The molecule has 0 unspecified atom stereocenters. The lowest BCUT2D eigenvalue weighted by molar-refractivity contribution is -0.135. The van der Waals surface area contributed by atoms with Gasteiger partial charge in [0.05, 0.1) is 28.6 Å². The summed E-state index contributed by atoms with van der Waals surface area (Å²) in [6.45, 7) is 1.38. The molecular formula is C47H52F2N8O6. The molecule has 3 amide bonds. The molecule has 16 heteroatoms. The van der Waals surface area contributed by atoms with Crippen molar-refractivity contribution in [2.24, 2.45) is 13.0 Å². The number of imidazole rings is 1. The van der Waals surface area contributed by atoms with Gasteiger partial charge in [0.15, 0.2) is 11.4 Å². The highest BCUT2D eigenvalue weighted by atomic mass is 19.3. The maximum Gasteiger partial charge on any atom is 0.329 e. The number of nitrogens with zero attached hydrogens (tertiary/aromatic N) is 6. The Morgan fingerprint density at radius 2 is 1.65 bits per heavy atom. The molecule has 1 saturated heterocycles. The van der Waals surface area contributed by atoms with Gasteiger partial charge in [0.2, 0.25) is 17.7 Å². The maximum absolute atomic E-state index is 14.1. The molecule has 0 bridgehead atoms. The first-order chi connectivity index (χ1) is 30.6. The molecule has 6 aromatic rings. The summed E-state index contributed by atoms with van der Waals surface area (Å²) in [6.07, 6.45) is 14.0. The monoisotopic (exact) mass is 862 g/mol. The third kappa shape index (κ3) is 10.7. The second-order valence-electron chi connectivity index (χ2n) is 16.6. The van der Waals surface area contributed by atoms with Crippen molar-refractivity contribution >= 4 is 34.4 Å². The van der Waals surface area contributed by atoms with E-state index < -0.39 is 30.0 Å². The van der Waals surface area contributed by atoms with E-state index in [0.29, 0.717) is 36.4 Å². The fourth-order valence-electron chi connectivity index (χ4n) is 8.11. The predicted octanol–water partition coefficient (Wildman–Crippen LogP) is 8.23. The zero-order valence-corrected chi connectivity index (χ0v) is 35.4. The van der Waals surface area contributed by atoms with Crippen LogP contribution in [0.4, 0.5) is 14.5 Å². The Balaban J connectivity index is 0.727. The highest BCUT2D eigenvalue weighted by Gasteiger charge is 2.31. The molecule has 2 fully saturated rings. The number of nitrogens with one attached hydrogen (secondary N) is 2. The Labute approximate surface area is 363 Å². The summed E-state index contributed by atoms with van der Waals surface area (Å²) in [7, 11) is 1.70. The number of piperidine rings is 1. The lowest BCUT2D eigenvalue weighted by Crippen LogP contribution is -2.44. The lowest BCUT2D eigenvalue weighted by atomic mass is 10.0. The minimum atomic E-state index is -2.91. The number of unbranched alkanes of at least 4 members (excludes halogenated alkanes) is 4. The maximum atomic E-state index is 14.1. The van der Waals surface area contributed by atoms with Crippen LogP contribution in [-0.2, 0) is 40.6 Å². The number of benzene rings is 2. The average molecular weight is 863 g/mol. The molecular weight excluding hydrogens is 811 g/mol. The van der Waals surface area contributed by atoms with Gasteiger partial charge in [0.25, 0.3) is 12.3 Å². The Morgan fingerprint density at radius 3 is 2.43 bits per heavy atom. The molecule has 2 aromatic carbocycles. The number of hydrogen-bond donors (Lipinski definition) is 2. The minimum Gasteiger partial charge on any atom is -0.444 e. The molecule has 1 aliphatic heterocycles. The van der Waals surface area contributed by atoms with E-state index in [1.54, 1.807) is 23.9 Å². The second kappa shape index (κ2) is 19.8. The van der Waals surface area contributed by atoms with Crippen LogP contribution in [0.3, 0.4) is 0 Å². The number of carbonyl (C=O) groups excluding carboxylic acids is 3. The van der Waals surface area contributed by atoms with Gasteiger partial charge in [0.1, 0.15) is 12.3 Å². The van der Waals surface area contributed by atoms with Gasteiger partial charge in [-0.25, -0.2) is 23.2 Å². The second-order valence-corrected chi connectivity index (χ2v) is 16.6. The summed E-state index contributed by atoms with van der Waals surface area (Å²) in [5.74, 6) is -0.404. The molecule has 63 heavy (non-hydrogen) atoms. The molecule has 2 aliphatic rings. The Bertz CT molecular complexity index is 2630. The zero-order valence-electron chi connectivity index (χ0n) is 35.4. The van der Waals surface area contributed by atoms with E-state index in [1.807, 2.05) is 48.5 Å². The number of alkyl halides is 2. The fraction of sp³-hybridized carbons (Fsp3) is 0.426. The summed E-state index contributed by atoms with van der Waals surface area (Å²) in [5, 5.41) is 8.97. The highest BCUT2D eigenvalue weighted by molar-refractivity contribution is 6.03. The highest BCUT2D eigenvalue weighted by Crippen LogP contribution is 2.34. The number of hydrogen-bond acceptors (Lipinski definition) is 9. The molecule has 1 atom stereocenters. The van der Waals surface area contributed by atoms with Crippen LogP contribution in [0.2, 0.25) is 0 Å². The number of carbonyl (C=O) groups is 3. The number of anilines is 1. The molecule has 14 nitrogen and oxygen atoms in total. The van der Waals surface area contributed by atoms with E-state index in [2.05, 4.69) is 25.7 Å². The molecule has 330 valence electrons. The van der Waals surface area contributed by atoms with Crippen molar-refractivity contribution in [1.29, 1.82) is 0 Å². The molecule has 1 saturated carbocycles. The van der Waals surface area contributed by atoms with Crippen LogP contribution in [-0.4, -0.2) is 59.8 Å². The van der Waals surface area contributed by atoms with Crippen LogP contribution in [0.25, 0.3) is 28.2 Å². The Kier molecular flexibility index (Phi) is 13.6. The molecule has 8 rings (SSSR count). The average Bonchev–Trinajstić information content (AvgIpc) is 3.70. The third-order valence-corrected chi connectivity index (χ3v) is 11.9. The number of rotatable bonds is 21. The number of oxazole rings is 1. The van der Waals surface area contributed by atoms with Gasteiger partial charge in [-0.2, -0.15) is 5.10 Å².